The molecule has 6 heteroatoms. The summed E-state index contributed by atoms with van der Waals surface area (Å²) in [5, 5.41) is 2.90. The summed E-state index contributed by atoms with van der Waals surface area (Å²) in [6, 6.07) is 10.2. The van der Waals surface area contributed by atoms with Gasteiger partial charge in [-0.3, -0.25) is 9.59 Å². The number of ketones is 1. The van der Waals surface area contributed by atoms with Gasteiger partial charge in [-0.1, -0.05) is 26.0 Å². The second kappa shape index (κ2) is 8.58. The smallest absolute Gasteiger partial charge is 0.228 e. The topological polar surface area (TPSA) is 74.8 Å². The molecular weight excluding hydrogens is 417 g/mol. The van der Waals surface area contributed by atoms with E-state index in [1.165, 1.54) is 12.1 Å². The van der Waals surface area contributed by atoms with Gasteiger partial charge in [0.2, 0.25) is 5.91 Å². The Balaban J connectivity index is 1.57. The van der Waals surface area contributed by atoms with Gasteiger partial charge in [-0.05, 0) is 66.5 Å². The van der Waals surface area contributed by atoms with Crippen LogP contribution in [0.15, 0.2) is 42.6 Å². The molecule has 0 radical (unpaired) electrons. The molecule has 2 aromatic heterocycles. The highest BCUT2D eigenvalue weighted by Crippen LogP contribution is 2.38. The first-order valence-electron chi connectivity index (χ1n) is 11.7. The Morgan fingerprint density at radius 2 is 2.03 bits per heavy atom. The molecule has 1 atom stereocenters. The summed E-state index contributed by atoms with van der Waals surface area (Å²) in [4.78, 5) is 33.3. The van der Waals surface area contributed by atoms with Gasteiger partial charge < -0.3 is 10.3 Å². The fraction of sp³-hybridized carbons (Fsp3) is 0.370. The van der Waals surface area contributed by atoms with Crippen molar-refractivity contribution in [2.75, 3.05) is 5.32 Å². The zero-order valence-corrected chi connectivity index (χ0v) is 19.0. The standard InChI is InChI=1S/C27H28FN3O2/c1-15(2)19-12-22-25(23(32)13-19)21(11-16-4-3-5-20(28)10-16)26(30-22)18-8-9-29-24(14-18)31-27(33)17-6-7-17/h3-5,8-10,14-15,17,19,30H,6-7,11-13H2,1-2H3,(H,29,31,33). The van der Waals surface area contributed by atoms with Crippen molar-refractivity contribution in [1.29, 1.82) is 0 Å². The summed E-state index contributed by atoms with van der Waals surface area (Å²) < 4.78 is 13.9. The van der Waals surface area contributed by atoms with Crippen LogP contribution in [0.2, 0.25) is 0 Å². The van der Waals surface area contributed by atoms with Crippen molar-refractivity contribution < 1.29 is 14.0 Å². The number of amides is 1. The molecule has 0 aliphatic heterocycles. The Labute approximate surface area is 192 Å². The number of Topliss-reactive ketones (excluding diaryl/α,β-unsaturated/α-hetero) is 1. The van der Waals surface area contributed by atoms with E-state index in [-0.39, 0.29) is 23.4 Å². The molecule has 1 aromatic carbocycles. The van der Waals surface area contributed by atoms with E-state index in [0.717, 1.165) is 52.9 Å². The van der Waals surface area contributed by atoms with Gasteiger partial charge in [0.25, 0.3) is 0 Å². The Morgan fingerprint density at radius 1 is 1.21 bits per heavy atom. The lowest BCUT2D eigenvalue weighted by molar-refractivity contribution is -0.117. The van der Waals surface area contributed by atoms with E-state index in [9.17, 15) is 14.0 Å². The first-order chi connectivity index (χ1) is 15.9. The maximum atomic E-state index is 13.9. The molecule has 5 rings (SSSR count). The summed E-state index contributed by atoms with van der Waals surface area (Å²) in [7, 11) is 0. The summed E-state index contributed by atoms with van der Waals surface area (Å²) in [6.45, 7) is 4.30. The SMILES string of the molecule is CC(C)C1CC(=O)c2c([nH]c(-c3ccnc(NC(=O)C4CC4)c3)c2Cc2cccc(F)c2)C1. The molecule has 2 heterocycles. The second-order valence-corrected chi connectivity index (χ2v) is 9.67. The first kappa shape index (κ1) is 21.6. The Morgan fingerprint density at radius 3 is 2.76 bits per heavy atom. The molecule has 5 nitrogen and oxygen atoms in total. The summed E-state index contributed by atoms with van der Waals surface area (Å²) in [5.41, 5.74) is 5.08. The number of benzene rings is 1. The fourth-order valence-corrected chi connectivity index (χ4v) is 4.73. The van der Waals surface area contributed by atoms with Gasteiger partial charge in [0.1, 0.15) is 11.6 Å². The molecular formula is C27H28FN3O2. The van der Waals surface area contributed by atoms with Crippen molar-refractivity contribution in [3.8, 4) is 11.3 Å². The number of carbonyl (C=O) groups is 2. The predicted octanol–water partition coefficient (Wildman–Crippen LogP) is 5.56. The molecule has 170 valence electrons. The summed E-state index contributed by atoms with van der Waals surface area (Å²) >= 11 is 0. The molecule has 1 unspecified atom stereocenters. The zero-order chi connectivity index (χ0) is 23.1. The highest BCUT2D eigenvalue weighted by molar-refractivity contribution is 6.02. The average Bonchev–Trinajstić information content (AvgIpc) is 3.56. The van der Waals surface area contributed by atoms with Crippen LogP contribution in [0, 0.1) is 23.6 Å². The molecule has 0 spiro atoms. The average molecular weight is 446 g/mol. The molecule has 1 amide bonds. The van der Waals surface area contributed by atoms with Crippen molar-refractivity contribution in [3.63, 3.8) is 0 Å². The van der Waals surface area contributed by atoms with Crippen LogP contribution in [0.3, 0.4) is 0 Å². The number of halogens is 1. The number of aromatic nitrogens is 2. The number of nitrogens with zero attached hydrogens (tertiary/aromatic N) is 1. The lowest BCUT2D eigenvalue weighted by Gasteiger charge is -2.25. The molecule has 1 saturated carbocycles. The van der Waals surface area contributed by atoms with Crippen LogP contribution < -0.4 is 5.32 Å². The number of anilines is 1. The third-order valence-corrected chi connectivity index (χ3v) is 6.83. The van der Waals surface area contributed by atoms with E-state index >= 15 is 0 Å². The zero-order valence-electron chi connectivity index (χ0n) is 19.0. The van der Waals surface area contributed by atoms with Crippen molar-refractivity contribution in [3.05, 3.63) is 70.8 Å². The van der Waals surface area contributed by atoms with E-state index < -0.39 is 0 Å². The second-order valence-electron chi connectivity index (χ2n) is 9.67. The maximum Gasteiger partial charge on any atom is 0.228 e. The van der Waals surface area contributed by atoms with Gasteiger partial charge in [0.05, 0.1) is 5.69 Å². The molecule has 0 saturated heterocycles. The minimum atomic E-state index is -0.293. The third-order valence-electron chi connectivity index (χ3n) is 6.83. The maximum absolute atomic E-state index is 13.9. The van der Waals surface area contributed by atoms with Gasteiger partial charge in [-0.25, -0.2) is 9.37 Å². The largest absolute Gasteiger partial charge is 0.358 e. The third kappa shape index (κ3) is 4.47. The van der Waals surface area contributed by atoms with Crippen molar-refractivity contribution >= 4 is 17.5 Å². The molecule has 0 bridgehead atoms. The van der Waals surface area contributed by atoms with Gasteiger partial charge in [0.15, 0.2) is 5.78 Å². The minimum absolute atomic E-state index is 0.000340. The van der Waals surface area contributed by atoms with Crippen LogP contribution in [0.5, 0.6) is 0 Å². The molecule has 2 aliphatic rings. The Kier molecular flexibility index (Phi) is 5.60. The van der Waals surface area contributed by atoms with Gasteiger partial charge in [0, 0.05) is 41.8 Å². The Bertz CT molecular complexity index is 1230. The number of hydrogen-bond donors (Lipinski definition) is 2. The molecule has 3 aromatic rings. The normalized spacial score (nSPS) is 17.8. The van der Waals surface area contributed by atoms with Crippen LogP contribution in [0.1, 0.15) is 60.3 Å². The van der Waals surface area contributed by atoms with Crippen molar-refractivity contribution in [1.82, 2.24) is 9.97 Å². The Hall–Kier alpha value is -3.28. The van der Waals surface area contributed by atoms with Crippen molar-refractivity contribution in [2.45, 2.75) is 46.0 Å². The quantitative estimate of drug-likeness (QED) is 0.522. The van der Waals surface area contributed by atoms with Crippen LogP contribution in [-0.2, 0) is 17.6 Å². The highest BCUT2D eigenvalue weighted by atomic mass is 19.1. The highest BCUT2D eigenvalue weighted by Gasteiger charge is 2.33. The molecule has 33 heavy (non-hydrogen) atoms. The van der Waals surface area contributed by atoms with Crippen molar-refractivity contribution in [2.24, 2.45) is 17.8 Å². The number of nitrogens with one attached hydrogen (secondary N) is 2. The molecule has 2 N–H and O–H groups in total. The molecule has 2 aliphatic carbocycles. The van der Waals surface area contributed by atoms with Gasteiger partial charge in [-0.2, -0.15) is 0 Å². The van der Waals surface area contributed by atoms with E-state index in [0.29, 0.717) is 30.5 Å². The number of hydrogen-bond acceptors (Lipinski definition) is 3. The van der Waals surface area contributed by atoms with Crippen LogP contribution in [0.25, 0.3) is 11.3 Å². The number of H-pyrrole nitrogens is 1. The minimum Gasteiger partial charge on any atom is -0.358 e. The number of rotatable bonds is 6. The predicted molar refractivity (Wildman–Crippen MR) is 126 cm³/mol. The van der Waals surface area contributed by atoms with E-state index in [2.05, 4.69) is 29.1 Å². The van der Waals surface area contributed by atoms with E-state index in [1.807, 2.05) is 18.2 Å². The van der Waals surface area contributed by atoms with Crippen LogP contribution in [-0.4, -0.2) is 21.7 Å². The lowest BCUT2D eigenvalue weighted by atomic mass is 9.79. The van der Waals surface area contributed by atoms with Gasteiger partial charge in [-0.15, -0.1) is 0 Å². The van der Waals surface area contributed by atoms with Gasteiger partial charge >= 0.3 is 0 Å². The fourth-order valence-electron chi connectivity index (χ4n) is 4.73. The summed E-state index contributed by atoms with van der Waals surface area (Å²) in [6.07, 6.45) is 5.30. The lowest BCUT2D eigenvalue weighted by Crippen LogP contribution is -2.24. The number of aromatic amines is 1. The number of fused-ring (bicyclic) bond motifs is 1. The molecule has 1 fully saturated rings. The number of pyridine rings is 1. The van der Waals surface area contributed by atoms with E-state index in [1.54, 1.807) is 12.3 Å². The van der Waals surface area contributed by atoms with Crippen LogP contribution in [0.4, 0.5) is 10.2 Å². The number of carbonyl (C=O) groups excluding carboxylic acids is 2. The van der Waals surface area contributed by atoms with E-state index in [4.69, 9.17) is 0 Å². The van der Waals surface area contributed by atoms with Crippen LogP contribution >= 0.6 is 0 Å². The first-order valence-corrected chi connectivity index (χ1v) is 11.7. The summed E-state index contributed by atoms with van der Waals surface area (Å²) in [5.74, 6) is 1.14. The monoisotopic (exact) mass is 445 g/mol.